The zero-order valence-corrected chi connectivity index (χ0v) is 15.5. The van der Waals surface area contributed by atoms with Crippen LogP contribution in [0, 0.1) is 6.92 Å². The second-order valence-electron chi connectivity index (χ2n) is 7.00. The van der Waals surface area contributed by atoms with E-state index in [1.807, 2.05) is 52.2 Å². The molecule has 1 fully saturated rings. The molecular weight excluding hydrogens is 336 g/mol. The number of benzene rings is 2. The number of amides is 2. The van der Waals surface area contributed by atoms with E-state index in [4.69, 9.17) is 0 Å². The quantitative estimate of drug-likeness (QED) is 0.739. The Morgan fingerprint density at radius 2 is 1.96 bits per heavy atom. The monoisotopic (exact) mass is 360 g/mol. The molecule has 27 heavy (non-hydrogen) atoms. The SMILES string of the molecule is Cc1ccccc1[C@@H]1CCCN1C(=O)Nc1ccccc1Cn1cccn1. The van der Waals surface area contributed by atoms with E-state index in [0.29, 0.717) is 6.54 Å². The Bertz CT molecular complexity index is 920. The summed E-state index contributed by atoms with van der Waals surface area (Å²) in [4.78, 5) is 15.0. The lowest BCUT2D eigenvalue weighted by atomic mass is 9.99. The van der Waals surface area contributed by atoms with Gasteiger partial charge in [-0.2, -0.15) is 5.10 Å². The van der Waals surface area contributed by atoms with Crippen molar-refractivity contribution in [2.75, 3.05) is 11.9 Å². The normalized spacial score (nSPS) is 16.5. The van der Waals surface area contributed by atoms with E-state index >= 15 is 0 Å². The van der Waals surface area contributed by atoms with Crippen LogP contribution in [0.5, 0.6) is 0 Å². The fraction of sp³-hybridized carbons (Fsp3) is 0.273. The van der Waals surface area contributed by atoms with Crippen LogP contribution in [0.2, 0.25) is 0 Å². The highest BCUT2D eigenvalue weighted by Gasteiger charge is 2.31. The minimum absolute atomic E-state index is 0.0336. The maximum Gasteiger partial charge on any atom is 0.322 e. The molecule has 1 aromatic heterocycles. The van der Waals surface area contributed by atoms with Gasteiger partial charge in [0.15, 0.2) is 0 Å². The summed E-state index contributed by atoms with van der Waals surface area (Å²) < 4.78 is 1.86. The lowest BCUT2D eigenvalue weighted by Crippen LogP contribution is -2.35. The third-order valence-corrected chi connectivity index (χ3v) is 5.21. The van der Waals surface area contributed by atoms with Gasteiger partial charge in [-0.05, 0) is 48.6 Å². The van der Waals surface area contributed by atoms with Crippen molar-refractivity contribution in [2.24, 2.45) is 0 Å². The van der Waals surface area contributed by atoms with E-state index in [1.54, 1.807) is 6.20 Å². The van der Waals surface area contributed by atoms with Crippen LogP contribution < -0.4 is 5.32 Å². The van der Waals surface area contributed by atoms with Crippen molar-refractivity contribution in [3.63, 3.8) is 0 Å². The van der Waals surface area contributed by atoms with E-state index in [0.717, 1.165) is 30.6 Å². The second-order valence-corrected chi connectivity index (χ2v) is 7.00. The lowest BCUT2D eigenvalue weighted by Gasteiger charge is -2.27. The topological polar surface area (TPSA) is 50.2 Å². The third kappa shape index (κ3) is 3.72. The molecule has 5 nitrogen and oxygen atoms in total. The number of nitrogens with zero attached hydrogens (tertiary/aromatic N) is 3. The minimum atomic E-state index is -0.0336. The molecule has 138 valence electrons. The van der Waals surface area contributed by atoms with Gasteiger partial charge in [-0.25, -0.2) is 4.79 Å². The first-order valence-corrected chi connectivity index (χ1v) is 9.41. The fourth-order valence-electron chi connectivity index (χ4n) is 3.83. The maximum atomic E-state index is 13.1. The van der Waals surface area contributed by atoms with Gasteiger partial charge in [0.05, 0.1) is 12.6 Å². The van der Waals surface area contributed by atoms with Gasteiger partial charge in [-0.1, -0.05) is 42.5 Å². The van der Waals surface area contributed by atoms with Gasteiger partial charge < -0.3 is 10.2 Å². The first-order chi connectivity index (χ1) is 13.2. The average molecular weight is 360 g/mol. The highest BCUT2D eigenvalue weighted by molar-refractivity contribution is 5.90. The molecule has 0 bridgehead atoms. The van der Waals surface area contributed by atoms with Crippen molar-refractivity contribution in [2.45, 2.75) is 32.4 Å². The summed E-state index contributed by atoms with van der Waals surface area (Å²) in [6.45, 7) is 3.53. The number of likely N-dealkylation sites (tertiary alicyclic amines) is 1. The molecule has 0 radical (unpaired) electrons. The van der Waals surface area contributed by atoms with Gasteiger partial charge in [-0.15, -0.1) is 0 Å². The number of anilines is 1. The number of nitrogens with one attached hydrogen (secondary N) is 1. The molecule has 2 heterocycles. The van der Waals surface area contributed by atoms with Crippen LogP contribution in [0.25, 0.3) is 0 Å². The molecule has 1 saturated heterocycles. The number of hydrogen-bond acceptors (Lipinski definition) is 2. The van der Waals surface area contributed by atoms with Crippen molar-refractivity contribution in [1.29, 1.82) is 0 Å². The molecule has 3 aromatic rings. The molecule has 5 heteroatoms. The van der Waals surface area contributed by atoms with E-state index in [1.165, 1.54) is 11.1 Å². The summed E-state index contributed by atoms with van der Waals surface area (Å²) in [6, 6.07) is 18.3. The fourth-order valence-corrected chi connectivity index (χ4v) is 3.83. The van der Waals surface area contributed by atoms with E-state index in [9.17, 15) is 4.79 Å². The summed E-state index contributed by atoms with van der Waals surface area (Å²) in [6.07, 6.45) is 5.72. The molecule has 0 spiro atoms. The Morgan fingerprint density at radius 3 is 2.78 bits per heavy atom. The average Bonchev–Trinajstić information content (AvgIpc) is 3.35. The number of urea groups is 1. The van der Waals surface area contributed by atoms with Crippen molar-refractivity contribution in [3.05, 3.63) is 83.7 Å². The van der Waals surface area contributed by atoms with Crippen LogP contribution in [-0.2, 0) is 6.54 Å². The summed E-state index contributed by atoms with van der Waals surface area (Å²) in [5, 5.41) is 7.39. The van der Waals surface area contributed by atoms with E-state index < -0.39 is 0 Å². The Morgan fingerprint density at radius 1 is 1.15 bits per heavy atom. The first kappa shape index (κ1) is 17.3. The smallest absolute Gasteiger partial charge is 0.317 e. The van der Waals surface area contributed by atoms with Crippen molar-refractivity contribution in [1.82, 2.24) is 14.7 Å². The van der Waals surface area contributed by atoms with Crippen LogP contribution >= 0.6 is 0 Å². The summed E-state index contributed by atoms with van der Waals surface area (Å²) in [7, 11) is 0. The molecule has 2 amide bonds. The maximum absolute atomic E-state index is 13.1. The molecule has 0 aliphatic carbocycles. The van der Waals surface area contributed by atoms with Gasteiger partial charge in [0.1, 0.15) is 0 Å². The molecule has 0 unspecified atom stereocenters. The van der Waals surface area contributed by atoms with E-state index in [2.05, 4.69) is 35.5 Å². The molecular formula is C22H24N4O. The largest absolute Gasteiger partial charge is 0.322 e. The molecule has 0 saturated carbocycles. The van der Waals surface area contributed by atoms with Gasteiger partial charge in [0, 0.05) is 24.6 Å². The highest BCUT2D eigenvalue weighted by atomic mass is 16.2. The van der Waals surface area contributed by atoms with Gasteiger partial charge in [-0.3, -0.25) is 4.68 Å². The molecule has 1 aliphatic rings. The second kappa shape index (κ2) is 7.66. The molecule has 2 aromatic carbocycles. The minimum Gasteiger partial charge on any atom is -0.317 e. The third-order valence-electron chi connectivity index (χ3n) is 5.21. The van der Waals surface area contributed by atoms with Crippen molar-refractivity contribution < 1.29 is 4.79 Å². The number of para-hydroxylation sites is 1. The Kier molecular flexibility index (Phi) is 4.92. The Hall–Kier alpha value is -3.08. The first-order valence-electron chi connectivity index (χ1n) is 9.41. The number of hydrogen-bond donors (Lipinski definition) is 1. The predicted molar refractivity (Wildman–Crippen MR) is 107 cm³/mol. The molecule has 1 N–H and O–H groups in total. The molecule has 1 atom stereocenters. The number of aromatic nitrogens is 2. The number of carbonyl (C=O) groups is 1. The zero-order chi connectivity index (χ0) is 18.6. The van der Waals surface area contributed by atoms with Crippen LogP contribution in [-0.4, -0.2) is 27.3 Å². The number of aryl methyl sites for hydroxylation is 1. The standard InChI is InChI=1S/C22H24N4O/c1-17-8-2-4-10-19(17)21-12-6-15-26(21)22(27)24-20-11-5-3-9-18(20)16-25-14-7-13-23-25/h2-5,7-11,13-14,21H,6,12,15-16H2,1H3,(H,24,27)/t21-/m0/s1. The highest BCUT2D eigenvalue weighted by Crippen LogP contribution is 2.34. The molecule has 4 rings (SSSR count). The number of rotatable bonds is 4. The Labute approximate surface area is 159 Å². The Balaban J connectivity index is 1.53. The van der Waals surface area contributed by atoms with Crippen molar-refractivity contribution in [3.8, 4) is 0 Å². The molecule has 1 aliphatic heterocycles. The summed E-state index contributed by atoms with van der Waals surface area (Å²) in [5.74, 6) is 0. The number of carbonyl (C=O) groups excluding carboxylic acids is 1. The lowest BCUT2D eigenvalue weighted by molar-refractivity contribution is 0.207. The van der Waals surface area contributed by atoms with Crippen molar-refractivity contribution >= 4 is 11.7 Å². The van der Waals surface area contributed by atoms with Crippen LogP contribution in [0.15, 0.2) is 67.0 Å². The van der Waals surface area contributed by atoms with Gasteiger partial charge in [0.25, 0.3) is 0 Å². The predicted octanol–water partition coefficient (Wildman–Crippen LogP) is 4.61. The van der Waals surface area contributed by atoms with Gasteiger partial charge >= 0.3 is 6.03 Å². The van der Waals surface area contributed by atoms with Gasteiger partial charge in [0.2, 0.25) is 0 Å². The van der Waals surface area contributed by atoms with Crippen LogP contribution in [0.3, 0.4) is 0 Å². The van der Waals surface area contributed by atoms with E-state index in [-0.39, 0.29) is 12.1 Å². The van der Waals surface area contributed by atoms with Crippen LogP contribution in [0.4, 0.5) is 10.5 Å². The summed E-state index contributed by atoms with van der Waals surface area (Å²) in [5.41, 5.74) is 4.37. The van der Waals surface area contributed by atoms with Crippen LogP contribution in [0.1, 0.15) is 35.6 Å². The zero-order valence-electron chi connectivity index (χ0n) is 15.5. The summed E-state index contributed by atoms with van der Waals surface area (Å²) >= 11 is 0.